The summed E-state index contributed by atoms with van der Waals surface area (Å²) in [6.07, 6.45) is 1.16. The van der Waals surface area contributed by atoms with Crippen LogP contribution in [-0.4, -0.2) is 37.6 Å². The molecule has 0 aromatic heterocycles. The van der Waals surface area contributed by atoms with Crippen molar-refractivity contribution in [3.05, 3.63) is 0 Å². The van der Waals surface area contributed by atoms with Crippen LogP contribution in [0.1, 0.15) is 6.42 Å². The first kappa shape index (κ1) is 8.33. The zero-order chi connectivity index (χ0) is 8.27. The summed E-state index contributed by atoms with van der Waals surface area (Å²) >= 11 is 0. The number of hydrogen-bond acceptors (Lipinski definition) is 2. The Kier molecular flexibility index (Phi) is 2.70. The Balaban J connectivity index is 2.13. The molecule has 0 aromatic rings. The van der Waals surface area contributed by atoms with Crippen molar-refractivity contribution >= 4 is 6.03 Å². The van der Waals surface area contributed by atoms with Crippen LogP contribution in [0.25, 0.3) is 0 Å². The van der Waals surface area contributed by atoms with Gasteiger partial charge in [-0.15, -0.1) is 0 Å². The van der Waals surface area contributed by atoms with E-state index in [2.05, 4.69) is 17.3 Å². The number of urea groups is 1. The molecule has 2 amide bonds. The molecule has 0 saturated carbocycles. The summed E-state index contributed by atoms with van der Waals surface area (Å²) in [6, 6.07) is -0.417. The van der Waals surface area contributed by atoms with E-state index in [9.17, 15) is 4.79 Å². The van der Waals surface area contributed by atoms with Gasteiger partial charge in [0.1, 0.15) is 0 Å². The topological polar surface area (TPSA) is 58.4 Å². The smallest absolute Gasteiger partial charge is 0.312 e. The minimum Gasteiger partial charge on any atom is -0.352 e. The van der Waals surface area contributed by atoms with E-state index >= 15 is 0 Å². The molecule has 0 bridgehead atoms. The summed E-state index contributed by atoms with van der Waals surface area (Å²) in [5.74, 6) is 0.590. The molecule has 11 heavy (non-hydrogen) atoms. The lowest BCUT2D eigenvalue weighted by Gasteiger charge is -2.09. The van der Waals surface area contributed by atoms with Crippen LogP contribution in [0.5, 0.6) is 0 Å². The molecule has 1 unspecified atom stereocenters. The molecule has 1 atom stereocenters. The highest BCUT2D eigenvalue weighted by Crippen LogP contribution is 2.12. The Morgan fingerprint density at radius 1 is 1.82 bits per heavy atom. The molecule has 1 fully saturated rings. The minimum atomic E-state index is -0.417. The van der Waals surface area contributed by atoms with E-state index in [1.165, 1.54) is 0 Å². The first-order chi connectivity index (χ1) is 5.18. The number of carbonyl (C=O) groups excluding carboxylic acids is 1. The number of rotatable bonds is 2. The van der Waals surface area contributed by atoms with Gasteiger partial charge in [-0.1, -0.05) is 0 Å². The molecule has 0 aliphatic carbocycles. The van der Waals surface area contributed by atoms with Crippen LogP contribution >= 0.6 is 0 Å². The summed E-state index contributed by atoms with van der Waals surface area (Å²) in [5, 5.41) is 2.62. The molecule has 1 aliphatic heterocycles. The lowest BCUT2D eigenvalue weighted by atomic mass is 10.1. The molecule has 1 saturated heterocycles. The number of amides is 2. The Hall–Kier alpha value is -0.770. The number of carbonyl (C=O) groups is 1. The largest absolute Gasteiger partial charge is 0.352 e. The monoisotopic (exact) mass is 157 g/mol. The van der Waals surface area contributed by atoms with Gasteiger partial charge in [-0.05, 0) is 25.9 Å². The molecular weight excluding hydrogens is 142 g/mol. The van der Waals surface area contributed by atoms with Crippen LogP contribution in [0.2, 0.25) is 0 Å². The molecule has 0 spiro atoms. The van der Waals surface area contributed by atoms with Crippen molar-refractivity contribution in [1.29, 1.82) is 0 Å². The van der Waals surface area contributed by atoms with E-state index in [0.29, 0.717) is 5.92 Å². The molecule has 4 nitrogen and oxygen atoms in total. The second-order valence-corrected chi connectivity index (χ2v) is 3.16. The number of nitrogens with zero attached hydrogens (tertiary/aromatic N) is 1. The first-order valence-electron chi connectivity index (χ1n) is 3.90. The predicted octanol–water partition coefficient (Wildman–Crippen LogP) is -0.394. The maximum Gasteiger partial charge on any atom is 0.312 e. The maximum atomic E-state index is 10.3. The van der Waals surface area contributed by atoms with Gasteiger partial charge in [0, 0.05) is 13.1 Å². The van der Waals surface area contributed by atoms with Crippen molar-refractivity contribution in [2.45, 2.75) is 6.42 Å². The highest BCUT2D eigenvalue weighted by atomic mass is 16.2. The summed E-state index contributed by atoms with van der Waals surface area (Å²) in [4.78, 5) is 12.6. The zero-order valence-corrected chi connectivity index (χ0v) is 6.84. The van der Waals surface area contributed by atoms with E-state index in [1.807, 2.05) is 0 Å². The van der Waals surface area contributed by atoms with Gasteiger partial charge in [0.25, 0.3) is 0 Å². The summed E-state index contributed by atoms with van der Waals surface area (Å²) in [7, 11) is 2.09. The van der Waals surface area contributed by atoms with Crippen molar-refractivity contribution in [2.75, 3.05) is 26.7 Å². The Bertz CT molecular complexity index is 149. The molecule has 4 heteroatoms. The van der Waals surface area contributed by atoms with Crippen LogP contribution in [0.15, 0.2) is 0 Å². The molecule has 1 rings (SSSR count). The second-order valence-electron chi connectivity index (χ2n) is 3.16. The van der Waals surface area contributed by atoms with E-state index in [4.69, 9.17) is 5.73 Å². The summed E-state index contributed by atoms with van der Waals surface area (Å²) < 4.78 is 0. The normalized spacial score (nSPS) is 25.4. The summed E-state index contributed by atoms with van der Waals surface area (Å²) in [6.45, 7) is 2.92. The molecule has 0 aromatic carbocycles. The predicted molar refractivity (Wildman–Crippen MR) is 43.2 cm³/mol. The average molecular weight is 157 g/mol. The second kappa shape index (κ2) is 3.57. The SMILES string of the molecule is CN1CCC(CNC(N)=O)C1. The van der Waals surface area contributed by atoms with Crippen molar-refractivity contribution in [2.24, 2.45) is 11.7 Å². The third-order valence-corrected chi connectivity index (χ3v) is 2.05. The molecular formula is C7H15N3O. The minimum absolute atomic E-state index is 0.417. The molecule has 1 heterocycles. The molecule has 64 valence electrons. The van der Waals surface area contributed by atoms with Crippen LogP contribution in [0, 0.1) is 5.92 Å². The van der Waals surface area contributed by atoms with Gasteiger partial charge in [-0.25, -0.2) is 4.79 Å². The van der Waals surface area contributed by atoms with Gasteiger partial charge in [0.2, 0.25) is 0 Å². The van der Waals surface area contributed by atoms with E-state index in [1.54, 1.807) is 0 Å². The zero-order valence-electron chi connectivity index (χ0n) is 6.84. The number of nitrogens with one attached hydrogen (secondary N) is 1. The first-order valence-corrected chi connectivity index (χ1v) is 3.90. The average Bonchev–Trinajstić information content (AvgIpc) is 2.31. The highest BCUT2D eigenvalue weighted by Gasteiger charge is 2.18. The van der Waals surface area contributed by atoms with Crippen molar-refractivity contribution in [3.8, 4) is 0 Å². The number of likely N-dealkylation sites (tertiary alicyclic amines) is 1. The van der Waals surface area contributed by atoms with Gasteiger partial charge >= 0.3 is 6.03 Å². The van der Waals surface area contributed by atoms with Gasteiger partial charge in [0.05, 0.1) is 0 Å². The van der Waals surface area contributed by atoms with Crippen LogP contribution in [0.3, 0.4) is 0 Å². The molecule has 0 radical (unpaired) electrons. The third-order valence-electron chi connectivity index (χ3n) is 2.05. The van der Waals surface area contributed by atoms with Crippen molar-refractivity contribution in [3.63, 3.8) is 0 Å². The lowest BCUT2D eigenvalue weighted by Crippen LogP contribution is -2.34. The standard InChI is InChI=1S/C7H15N3O/c1-10-3-2-6(5-10)4-9-7(8)11/h6H,2-5H2,1H3,(H3,8,9,11). The van der Waals surface area contributed by atoms with Gasteiger partial charge in [-0.2, -0.15) is 0 Å². The van der Waals surface area contributed by atoms with Crippen molar-refractivity contribution < 1.29 is 4.79 Å². The lowest BCUT2D eigenvalue weighted by molar-refractivity contribution is 0.247. The number of nitrogens with two attached hydrogens (primary N) is 1. The Morgan fingerprint density at radius 2 is 2.55 bits per heavy atom. The Morgan fingerprint density at radius 3 is 3.00 bits per heavy atom. The molecule has 3 N–H and O–H groups in total. The van der Waals surface area contributed by atoms with Crippen LogP contribution in [-0.2, 0) is 0 Å². The maximum absolute atomic E-state index is 10.3. The van der Waals surface area contributed by atoms with E-state index in [-0.39, 0.29) is 0 Å². The highest BCUT2D eigenvalue weighted by molar-refractivity contribution is 5.71. The van der Waals surface area contributed by atoms with E-state index in [0.717, 1.165) is 26.1 Å². The van der Waals surface area contributed by atoms with Crippen LogP contribution in [0.4, 0.5) is 4.79 Å². The van der Waals surface area contributed by atoms with Gasteiger partial charge in [0.15, 0.2) is 0 Å². The Labute approximate surface area is 66.7 Å². The summed E-state index contributed by atoms with van der Waals surface area (Å²) in [5.41, 5.74) is 4.94. The molecule has 1 aliphatic rings. The van der Waals surface area contributed by atoms with Crippen LogP contribution < -0.4 is 11.1 Å². The fourth-order valence-corrected chi connectivity index (χ4v) is 1.44. The number of hydrogen-bond donors (Lipinski definition) is 2. The van der Waals surface area contributed by atoms with Crippen molar-refractivity contribution in [1.82, 2.24) is 10.2 Å². The van der Waals surface area contributed by atoms with Gasteiger partial charge in [-0.3, -0.25) is 0 Å². The van der Waals surface area contributed by atoms with E-state index < -0.39 is 6.03 Å². The number of primary amides is 1. The quantitative estimate of drug-likeness (QED) is 0.573. The van der Waals surface area contributed by atoms with Gasteiger partial charge < -0.3 is 16.0 Å². The third kappa shape index (κ3) is 2.76. The fraction of sp³-hybridized carbons (Fsp3) is 0.857. The fourth-order valence-electron chi connectivity index (χ4n) is 1.44.